The summed E-state index contributed by atoms with van der Waals surface area (Å²) >= 11 is 0. The molecule has 1 saturated carbocycles. The predicted molar refractivity (Wildman–Crippen MR) is 75.6 cm³/mol. The Kier molecular flexibility index (Phi) is 2.63. The lowest BCUT2D eigenvalue weighted by molar-refractivity contribution is -0.133. The number of fused-ring (bicyclic) bond motifs is 1. The Morgan fingerprint density at radius 3 is 2.58 bits per heavy atom. The lowest BCUT2D eigenvalue weighted by atomic mass is 9.48. The van der Waals surface area contributed by atoms with Crippen LogP contribution in [0.2, 0.25) is 0 Å². The fourth-order valence-corrected chi connectivity index (χ4v) is 3.32. The summed E-state index contributed by atoms with van der Waals surface area (Å²) < 4.78 is 0. The smallest absolute Gasteiger partial charge is 0.159 e. The summed E-state index contributed by atoms with van der Waals surface area (Å²) in [5.74, 6) is 1.20. The van der Waals surface area contributed by atoms with E-state index in [1.807, 2.05) is 24.3 Å². The molecule has 0 saturated heterocycles. The van der Waals surface area contributed by atoms with Crippen molar-refractivity contribution < 1.29 is 9.90 Å². The summed E-state index contributed by atoms with van der Waals surface area (Å²) in [7, 11) is 0. The third-order valence-electron chi connectivity index (χ3n) is 4.71. The van der Waals surface area contributed by atoms with Crippen LogP contribution in [0.25, 0.3) is 6.08 Å². The molecule has 98 valence electrons. The van der Waals surface area contributed by atoms with Crippen molar-refractivity contribution in [2.45, 2.75) is 20.3 Å². The van der Waals surface area contributed by atoms with Crippen LogP contribution < -0.4 is 0 Å². The van der Waals surface area contributed by atoms with Gasteiger partial charge in [0.1, 0.15) is 5.75 Å². The fourth-order valence-electron chi connectivity index (χ4n) is 3.32. The quantitative estimate of drug-likeness (QED) is 0.876. The van der Waals surface area contributed by atoms with Gasteiger partial charge in [0.15, 0.2) is 5.78 Å². The average Bonchev–Trinajstić information content (AvgIpc) is 2.36. The molecule has 0 radical (unpaired) electrons. The first-order chi connectivity index (χ1) is 9.00. The highest BCUT2D eigenvalue weighted by atomic mass is 16.3. The Bertz CT molecular complexity index is 593. The van der Waals surface area contributed by atoms with Gasteiger partial charge in [-0.05, 0) is 35.5 Å². The number of aromatic hydroxyl groups is 1. The Morgan fingerprint density at radius 2 is 1.95 bits per heavy atom. The van der Waals surface area contributed by atoms with Crippen molar-refractivity contribution in [2.24, 2.45) is 17.3 Å². The lowest BCUT2D eigenvalue weighted by Gasteiger charge is -2.54. The van der Waals surface area contributed by atoms with Crippen LogP contribution in [-0.4, -0.2) is 10.9 Å². The van der Waals surface area contributed by atoms with E-state index in [1.165, 1.54) is 0 Å². The highest BCUT2D eigenvalue weighted by Gasteiger charge is 2.54. The molecule has 0 amide bonds. The van der Waals surface area contributed by atoms with E-state index in [0.29, 0.717) is 5.92 Å². The van der Waals surface area contributed by atoms with Gasteiger partial charge in [-0.2, -0.15) is 0 Å². The van der Waals surface area contributed by atoms with Crippen LogP contribution in [-0.2, 0) is 4.79 Å². The Labute approximate surface area is 113 Å². The van der Waals surface area contributed by atoms with E-state index in [-0.39, 0.29) is 22.9 Å². The van der Waals surface area contributed by atoms with Crippen LogP contribution in [0, 0.1) is 17.3 Å². The van der Waals surface area contributed by atoms with Gasteiger partial charge in [0, 0.05) is 11.5 Å². The molecule has 2 heteroatoms. The van der Waals surface area contributed by atoms with Gasteiger partial charge in [-0.1, -0.05) is 44.2 Å². The number of benzene rings is 1. The summed E-state index contributed by atoms with van der Waals surface area (Å²) in [5.41, 5.74) is 1.97. The number of ketones is 1. The molecule has 19 heavy (non-hydrogen) atoms. The van der Waals surface area contributed by atoms with Gasteiger partial charge in [0.2, 0.25) is 0 Å². The van der Waals surface area contributed by atoms with E-state index in [9.17, 15) is 9.90 Å². The number of para-hydroxylation sites is 1. The monoisotopic (exact) mass is 254 g/mol. The molecule has 2 nitrogen and oxygen atoms in total. The molecule has 0 aromatic heterocycles. The van der Waals surface area contributed by atoms with Crippen LogP contribution in [0.4, 0.5) is 0 Å². The van der Waals surface area contributed by atoms with E-state index >= 15 is 0 Å². The molecule has 0 heterocycles. The van der Waals surface area contributed by atoms with E-state index in [1.54, 1.807) is 18.2 Å². The number of carbonyl (C=O) groups is 1. The SMILES string of the molecule is CC1(C)C2C[C@H]1C(=O)C=C2C=Cc1ccccc1O. The zero-order valence-corrected chi connectivity index (χ0v) is 11.3. The van der Waals surface area contributed by atoms with Gasteiger partial charge in [-0.15, -0.1) is 0 Å². The second kappa shape index (κ2) is 4.09. The van der Waals surface area contributed by atoms with Gasteiger partial charge in [0.05, 0.1) is 0 Å². The average molecular weight is 254 g/mol. The third-order valence-corrected chi connectivity index (χ3v) is 4.71. The molecule has 0 spiro atoms. The number of rotatable bonds is 2. The molecule has 1 aromatic carbocycles. The first-order valence-corrected chi connectivity index (χ1v) is 6.71. The minimum Gasteiger partial charge on any atom is -0.507 e. The number of hydrogen-bond acceptors (Lipinski definition) is 2. The number of phenolic OH excluding ortho intramolecular Hbond substituents is 1. The van der Waals surface area contributed by atoms with Crippen LogP contribution >= 0.6 is 0 Å². The predicted octanol–water partition coefficient (Wildman–Crippen LogP) is 3.58. The van der Waals surface area contributed by atoms with Gasteiger partial charge in [-0.3, -0.25) is 4.79 Å². The van der Waals surface area contributed by atoms with Crippen molar-refractivity contribution in [1.29, 1.82) is 0 Å². The fraction of sp³-hybridized carbons (Fsp3) is 0.353. The molecular formula is C17H18O2. The molecule has 1 N–H and O–H groups in total. The van der Waals surface area contributed by atoms with Crippen LogP contribution in [0.5, 0.6) is 5.75 Å². The zero-order valence-electron chi connectivity index (χ0n) is 11.3. The normalized spacial score (nSPS) is 28.1. The van der Waals surface area contributed by atoms with Crippen molar-refractivity contribution in [3.63, 3.8) is 0 Å². The van der Waals surface area contributed by atoms with E-state index in [4.69, 9.17) is 0 Å². The second-order valence-electron chi connectivity index (χ2n) is 6.10. The van der Waals surface area contributed by atoms with E-state index in [2.05, 4.69) is 13.8 Å². The maximum Gasteiger partial charge on any atom is 0.159 e. The summed E-state index contributed by atoms with van der Waals surface area (Å²) in [4.78, 5) is 12.0. The molecule has 1 unspecified atom stereocenters. The maximum absolute atomic E-state index is 12.0. The molecule has 4 rings (SSSR count). The Hall–Kier alpha value is -1.83. The summed E-state index contributed by atoms with van der Waals surface area (Å²) in [5, 5.41) is 9.73. The Morgan fingerprint density at radius 1 is 1.21 bits per heavy atom. The first kappa shape index (κ1) is 12.2. The summed E-state index contributed by atoms with van der Waals surface area (Å²) in [6, 6.07) is 7.23. The molecular weight excluding hydrogens is 236 g/mol. The first-order valence-electron chi connectivity index (χ1n) is 6.71. The molecule has 0 aliphatic heterocycles. The molecule has 2 bridgehead atoms. The maximum atomic E-state index is 12.0. The number of carbonyl (C=O) groups excluding carboxylic acids is 1. The van der Waals surface area contributed by atoms with Crippen LogP contribution in [0.3, 0.4) is 0 Å². The van der Waals surface area contributed by atoms with Gasteiger partial charge >= 0.3 is 0 Å². The van der Waals surface area contributed by atoms with E-state index < -0.39 is 0 Å². The largest absolute Gasteiger partial charge is 0.507 e. The molecule has 3 aliphatic rings. The van der Waals surface area contributed by atoms with Crippen molar-refractivity contribution in [3.8, 4) is 5.75 Å². The second-order valence-corrected chi connectivity index (χ2v) is 6.10. The van der Waals surface area contributed by atoms with Gasteiger partial charge < -0.3 is 5.11 Å². The van der Waals surface area contributed by atoms with E-state index in [0.717, 1.165) is 17.6 Å². The van der Waals surface area contributed by atoms with Crippen LogP contribution in [0.15, 0.2) is 42.0 Å². The van der Waals surface area contributed by atoms with Crippen LogP contribution in [0.1, 0.15) is 25.8 Å². The number of hydrogen-bond donors (Lipinski definition) is 1. The third kappa shape index (κ3) is 1.83. The molecule has 1 aromatic rings. The lowest BCUT2D eigenvalue weighted by Crippen LogP contribution is -2.52. The topological polar surface area (TPSA) is 37.3 Å². The minimum absolute atomic E-state index is 0.0875. The van der Waals surface area contributed by atoms with Crippen molar-refractivity contribution in [2.75, 3.05) is 0 Å². The highest BCUT2D eigenvalue weighted by molar-refractivity contribution is 5.96. The number of allylic oxidation sites excluding steroid dienone is 3. The van der Waals surface area contributed by atoms with Crippen molar-refractivity contribution in [1.82, 2.24) is 0 Å². The van der Waals surface area contributed by atoms with Crippen molar-refractivity contribution in [3.05, 3.63) is 47.6 Å². The van der Waals surface area contributed by atoms with Gasteiger partial charge in [-0.25, -0.2) is 0 Å². The molecule has 1 fully saturated rings. The standard InChI is InChI=1S/C17H18O2/c1-17(2)13-10-14(17)16(19)9-12(13)8-7-11-5-3-4-6-15(11)18/h3-9,13-14,18H,10H2,1-2H3/t13?,14-/m0/s1. The Balaban J connectivity index is 1.89. The highest BCUT2D eigenvalue weighted by Crippen LogP contribution is 2.58. The zero-order chi connectivity index (χ0) is 13.6. The van der Waals surface area contributed by atoms with Gasteiger partial charge in [0.25, 0.3) is 0 Å². The molecule has 2 atom stereocenters. The molecule has 3 aliphatic carbocycles. The number of phenols is 1. The van der Waals surface area contributed by atoms with Crippen molar-refractivity contribution >= 4 is 11.9 Å². The minimum atomic E-state index is 0.0875. The summed E-state index contributed by atoms with van der Waals surface area (Å²) in [6.07, 6.45) is 6.63. The summed E-state index contributed by atoms with van der Waals surface area (Å²) in [6.45, 7) is 4.34.